The van der Waals surface area contributed by atoms with Crippen LogP contribution < -0.4 is 11.3 Å². The number of thiophene rings is 1. The van der Waals surface area contributed by atoms with Crippen molar-refractivity contribution in [1.29, 1.82) is 0 Å². The second-order valence-electron chi connectivity index (χ2n) is 5.02. The minimum atomic E-state index is 0.354. The van der Waals surface area contributed by atoms with E-state index in [1.807, 2.05) is 11.3 Å². The first-order valence-corrected chi connectivity index (χ1v) is 8.40. The minimum absolute atomic E-state index is 0.354. The van der Waals surface area contributed by atoms with Gasteiger partial charge in [-0.15, -0.1) is 11.3 Å². The summed E-state index contributed by atoms with van der Waals surface area (Å²) in [6.07, 6.45) is 6.73. The first-order valence-electron chi connectivity index (χ1n) is 6.44. The van der Waals surface area contributed by atoms with E-state index in [0.29, 0.717) is 12.0 Å². The van der Waals surface area contributed by atoms with E-state index >= 15 is 0 Å². The van der Waals surface area contributed by atoms with Crippen molar-refractivity contribution >= 4 is 33.9 Å². The van der Waals surface area contributed by atoms with Gasteiger partial charge in [-0.1, -0.05) is 26.2 Å². The summed E-state index contributed by atoms with van der Waals surface area (Å²) < 4.78 is 1.35. The summed E-state index contributed by atoms with van der Waals surface area (Å²) >= 11 is 4.19. The molecule has 0 aromatic carbocycles. The minimum Gasteiger partial charge on any atom is -0.271 e. The van der Waals surface area contributed by atoms with Crippen LogP contribution in [0.3, 0.4) is 0 Å². The van der Waals surface area contributed by atoms with Crippen molar-refractivity contribution in [2.45, 2.75) is 45.1 Å². The van der Waals surface area contributed by atoms with Crippen LogP contribution in [0.2, 0.25) is 0 Å². The van der Waals surface area contributed by atoms with Crippen LogP contribution in [0.4, 0.5) is 0 Å². The van der Waals surface area contributed by atoms with Gasteiger partial charge in [0.15, 0.2) is 0 Å². The van der Waals surface area contributed by atoms with Gasteiger partial charge in [-0.2, -0.15) is 0 Å². The van der Waals surface area contributed by atoms with Gasteiger partial charge < -0.3 is 0 Å². The lowest BCUT2D eigenvalue weighted by Gasteiger charge is -2.33. The molecule has 1 fully saturated rings. The van der Waals surface area contributed by atoms with Gasteiger partial charge in [-0.3, -0.25) is 11.3 Å². The molecule has 0 saturated heterocycles. The Labute approximate surface area is 121 Å². The molecule has 0 bridgehead atoms. The Hall–Kier alpha value is 0.350. The topological polar surface area (TPSA) is 38.0 Å². The summed E-state index contributed by atoms with van der Waals surface area (Å²) in [5.74, 6) is 7.43. The summed E-state index contributed by atoms with van der Waals surface area (Å²) in [6, 6.07) is 2.62. The first kappa shape index (κ1) is 13.8. The average molecular weight is 364 g/mol. The summed E-state index contributed by atoms with van der Waals surface area (Å²) in [7, 11) is 0. The molecule has 0 aliphatic heterocycles. The molecule has 1 heterocycles. The molecule has 1 aromatic rings. The highest BCUT2D eigenvalue weighted by molar-refractivity contribution is 14.1. The predicted octanol–water partition coefficient (Wildman–Crippen LogP) is 4.07. The van der Waals surface area contributed by atoms with Crippen LogP contribution in [0.25, 0.3) is 0 Å². The molecular weight excluding hydrogens is 343 g/mol. The Morgan fingerprint density at radius 3 is 2.65 bits per heavy atom. The number of hydrogen-bond donors (Lipinski definition) is 2. The number of hydrogen-bond acceptors (Lipinski definition) is 3. The zero-order valence-corrected chi connectivity index (χ0v) is 13.3. The normalized spacial score (nSPS) is 27.0. The quantitative estimate of drug-likeness (QED) is 0.480. The highest BCUT2D eigenvalue weighted by Crippen LogP contribution is 2.38. The first-order chi connectivity index (χ1) is 8.24. The Bertz CT molecular complexity index is 345. The fraction of sp³-hybridized carbons (Fsp3) is 0.692. The van der Waals surface area contributed by atoms with E-state index in [9.17, 15) is 0 Å². The van der Waals surface area contributed by atoms with Crippen LogP contribution in [0.1, 0.15) is 50.6 Å². The van der Waals surface area contributed by atoms with Gasteiger partial charge in [-0.05, 0) is 64.3 Å². The van der Waals surface area contributed by atoms with E-state index in [0.717, 1.165) is 5.92 Å². The highest BCUT2D eigenvalue weighted by atomic mass is 127. The number of hydrazine groups is 1. The fourth-order valence-electron chi connectivity index (χ4n) is 2.92. The number of nitrogens with one attached hydrogen (secondary N) is 1. The van der Waals surface area contributed by atoms with E-state index in [2.05, 4.69) is 46.4 Å². The molecule has 4 heteroatoms. The lowest BCUT2D eigenvalue weighted by atomic mass is 9.76. The van der Waals surface area contributed by atoms with Crippen LogP contribution in [-0.4, -0.2) is 0 Å². The van der Waals surface area contributed by atoms with Gasteiger partial charge in [0.1, 0.15) is 0 Å². The number of nitrogens with two attached hydrogens (primary N) is 1. The van der Waals surface area contributed by atoms with Gasteiger partial charge in [-0.25, -0.2) is 0 Å². The summed E-state index contributed by atoms with van der Waals surface area (Å²) in [5, 5.41) is 2.25. The number of rotatable bonds is 4. The smallest absolute Gasteiger partial charge is 0.0656 e. The third-order valence-electron chi connectivity index (χ3n) is 4.07. The molecule has 2 nitrogen and oxygen atoms in total. The average Bonchev–Trinajstić information content (AvgIpc) is 2.78. The summed E-state index contributed by atoms with van der Waals surface area (Å²) in [5.41, 5.74) is 4.41. The maximum atomic E-state index is 5.76. The van der Waals surface area contributed by atoms with Gasteiger partial charge in [0.25, 0.3) is 0 Å². The molecule has 17 heavy (non-hydrogen) atoms. The van der Waals surface area contributed by atoms with Crippen molar-refractivity contribution in [3.63, 3.8) is 0 Å². The van der Waals surface area contributed by atoms with Crippen LogP contribution in [0.5, 0.6) is 0 Å². The van der Waals surface area contributed by atoms with E-state index in [1.165, 1.54) is 40.6 Å². The Morgan fingerprint density at radius 2 is 2.18 bits per heavy atom. The second-order valence-corrected chi connectivity index (χ2v) is 7.82. The third-order valence-corrected chi connectivity index (χ3v) is 5.87. The van der Waals surface area contributed by atoms with Crippen LogP contribution in [0, 0.1) is 14.7 Å². The molecule has 1 unspecified atom stereocenters. The predicted molar refractivity (Wildman–Crippen MR) is 82.8 cm³/mol. The van der Waals surface area contributed by atoms with Crippen LogP contribution in [-0.2, 0) is 0 Å². The van der Waals surface area contributed by atoms with Gasteiger partial charge in [0.05, 0.1) is 2.88 Å². The summed E-state index contributed by atoms with van der Waals surface area (Å²) in [4.78, 5) is 0. The van der Waals surface area contributed by atoms with Crippen LogP contribution in [0.15, 0.2) is 11.4 Å². The maximum Gasteiger partial charge on any atom is 0.0656 e. The molecular formula is C13H21IN2S. The van der Waals surface area contributed by atoms with Crippen molar-refractivity contribution in [1.82, 2.24) is 5.43 Å². The van der Waals surface area contributed by atoms with Crippen molar-refractivity contribution in [2.24, 2.45) is 17.7 Å². The molecule has 0 amide bonds. The van der Waals surface area contributed by atoms with E-state index in [1.54, 1.807) is 0 Å². The lowest BCUT2D eigenvalue weighted by Crippen LogP contribution is -2.35. The van der Waals surface area contributed by atoms with Crippen molar-refractivity contribution in [3.8, 4) is 0 Å². The summed E-state index contributed by atoms with van der Waals surface area (Å²) in [6.45, 7) is 2.31. The monoisotopic (exact) mass is 364 g/mol. The van der Waals surface area contributed by atoms with Crippen molar-refractivity contribution < 1.29 is 0 Å². The zero-order chi connectivity index (χ0) is 12.3. The molecule has 1 aliphatic rings. The largest absolute Gasteiger partial charge is 0.271 e. The standard InChI is InChI=1S/C13H21IN2S/c1-2-9-3-5-10(6-4-9)13(16-15)11-7-12(14)17-8-11/h7-10,13,16H,2-6,15H2,1H3. The van der Waals surface area contributed by atoms with Crippen LogP contribution >= 0.6 is 33.9 Å². The Kier molecular flexibility index (Phi) is 5.26. The molecule has 3 N–H and O–H groups in total. The maximum absolute atomic E-state index is 5.76. The SMILES string of the molecule is CCC1CCC(C(NN)c2csc(I)c2)CC1. The fourth-order valence-corrected chi connectivity index (χ4v) is 4.33. The van der Waals surface area contributed by atoms with Crippen molar-refractivity contribution in [2.75, 3.05) is 0 Å². The Morgan fingerprint density at radius 1 is 1.47 bits per heavy atom. The highest BCUT2D eigenvalue weighted by Gasteiger charge is 2.27. The zero-order valence-electron chi connectivity index (χ0n) is 10.3. The van der Waals surface area contributed by atoms with E-state index in [-0.39, 0.29) is 0 Å². The molecule has 96 valence electrons. The van der Waals surface area contributed by atoms with E-state index < -0.39 is 0 Å². The number of halogens is 1. The lowest BCUT2D eigenvalue weighted by molar-refractivity contribution is 0.219. The Balaban J connectivity index is 2.00. The third kappa shape index (κ3) is 3.43. The van der Waals surface area contributed by atoms with Crippen molar-refractivity contribution in [3.05, 3.63) is 19.9 Å². The van der Waals surface area contributed by atoms with Gasteiger partial charge in [0, 0.05) is 6.04 Å². The second kappa shape index (κ2) is 6.50. The van der Waals surface area contributed by atoms with Gasteiger partial charge in [0.2, 0.25) is 0 Å². The molecule has 0 spiro atoms. The molecule has 1 aromatic heterocycles. The van der Waals surface area contributed by atoms with Gasteiger partial charge >= 0.3 is 0 Å². The molecule has 1 atom stereocenters. The molecule has 2 rings (SSSR count). The molecule has 1 aliphatic carbocycles. The molecule has 0 radical (unpaired) electrons. The molecule has 1 saturated carbocycles. The van der Waals surface area contributed by atoms with E-state index in [4.69, 9.17) is 5.84 Å².